The minimum atomic E-state index is -2.67. The lowest BCUT2D eigenvalue weighted by Gasteiger charge is -2.25. The predicted molar refractivity (Wildman–Crippen MR) is 72.1 cm³/mol. The molecule has 1 aromatic rings. The highest BCUT2D eigenvalue weighted by molar-refractivity contribution is 6.30. The molecule has 1 fully saturated rings. The van der Waals surface area contributed by atoms with E-state index in [0.29, 0.717) is 0 Å². The number of halogens is 2. The van der Waals surface area contributed by atoms with E-state index in [1.165, 1.54) is 13.0 Å². The molecular weight excluding hydrogens is 305 g/mol. The number of nitrogens with two attached hydrogens (primary N) is 1. The molecule has 1 saturated heterocycles. The van der Waals surface area contributed by atoms with Crippen molar-refractivity contribution < 1.29 is 19.3 Å². The van der Waals surface area contributed by atoms with Crippen LogP contribution in [0.4, 0.5) is 10.2 Å². The number of hydrogen-bond donors (Lipinski definition) is 3. The van der Waals surface area contributed by atoms with Crippen LogP contribution in [0.15, 0.2) is 10.9 Å². The summed E-state index contributed by atoms with van der Waals surface area (Å²) < 4.78 is 21.1. The number of aromatic nitrogens is 2. The van der Waals surface area contributed by atoms with E-state index in [1.807, 2.05) is 11.3 Å². The molecule has 21 heavy (non-hydrogen) atoms. The highest BCUT2D eigenvalue weighted by atomic mass is 35.5. The van der Waals surface area contributed by atoms with Gasteiger partial charge in [0.15, 0.2) is 6.23 Å². The Hall–Kier alpha value is -1.66. The second kappa shape index (κ2) is 5.61. The van der Waals surface area contributed by atoms with Crippen LogP contribution in [-0.2, 0) is 4.74 Å². The Bertz CT molecular complexity index is 671. The normalized spacial score (nSPS) is 31.8. The van der Waals surface area contributed by atoms with Gasteiger partial charge < -0.3 is 20.7 Å². The fourth-order valence-electron chi connectivity index (χ4n) is 2.27. The monoisotopic (exact) mass is 317 g/mol. The van der Waals surface area contributed by atoms with E-state index in [9.17, 15) is 14.3 Å². The third-order valence-electron chi connectivity index (χ3n) is 3.27. The molecule has 0 aliphatic carbocycles. The number of anilines is 1. The topological polar surface area (TPSA) is 111 Å². The molecule has 7 nitrogen and oxygen atoms in total. The number of aliphatic hydroxyl groups is 2. The summed E-state index contributed by atoms with van der Waals surface area (Å²) in [5.41, 5.74) is 2.18. The fraction of sp³-hybridized carbons (Fsp3) is 0.500. The van der Waals surface area contributed by atoms with Crippen LogP contribution in [0.3, 0.4) is 0 Å². The summed E-state index contributed by atoms with van der Waals surface area (Å²) in [6, 6.07) is 1.35. The number of nitrogens with zero attached hydrogens (tertiary/aromatic N) is 2. The second-order valence-electron chi connectivity index (χ2n) is 4.62. The van der Waals surface area contributed by atoms with Gasteiger partial charge in [0.2, 0.25) is 5.67 Å². The molecule has 0 saturated carbocycles. The van der Waals surface area contributed by atoms with Crippen molar-refractivity contribution in [3.8, 4) is 11.3 Å². The van der Waals surface area contributed by atoms with Crippen molar-refractivity contribution >= 4 is 17.4 Å². The molecule has 0 aromatic carbocycles. The maximum Gasteiger partial charge on any atom is 0.351 e. The van der Waals surface area contributed by atoms with Crippen molar-refractivity contribution in [1.29, 1.82) is 0 Å². The van der Waals surface area contributed by atoms with Crippen molar-refractivity contribution in [2.75, 3.05) is 12.3 Å². The van der Waals surface area contributed by atoms with E-state index in [2.05, 4.69) is 4.98 Å². The zero-order valence-electron chi connectivity index (χ0n) is 11.0. The number of nitrogen functional groups attached to an aromatic ring is 1. The molecule has 0 bridgehead atoms. The quantitative estimate of drug-likeness (QED) is 0.622. The van der Waals surface area contributed by atoms with Gasteiger partial charge >= 0.3 is 5.69 Å². The first kappa shape index (κ1) is 15.7. The molecular formula is C12H13ClFN3O4. The van der Waals surface area contributed by atoms with Gasteiger partial charge in [0.05, 0.1) is 6.61 Å². The minimum Gasteiger partial charge on any atom is -0.394 e. The second-order valence-corrected chi connectivity index (χ2v) is 4.81. The van der Waals surface area contributed by atoms with E-state index >= 15 is 0 Å². The van der Waals surface area contributed by atoms with E-state index in [-0.39, 0.29) is 11.5 Å². The minimum absolute atomic E-state index is 0.0288. The molecule has 1 aliphatic heterocycles. The van der Waals surface area contributed by atoms with Crippen molar-refractivity contribution in [2.45, 2.75) is 31.0 Å². The van der Waals surface area contributed by atoms with E-state index in [4.69, 9.17) is 27.2 Å². The molecule has 4 N–H and O–H groups in total. The maximum absolute atomic E-state index is 15.0. The summed E-state index contributed by atoms with van der Waals surface area (Å²) in [5.74, 6) is 1.97. The van der Waals surface area contributed by atoms with Gasteiger partial charge in [-0.25, -0.2) is 9.18 Å². The number of aryl methyl sites for hydroxylation is 1. The van der Waals surface area contributed by atoms with Crippen LogP contribution >= 0.6 is 11.6 Å². The summed E-state index contributed by atoms with van der Waals surface area (Å²) in [7, 11) is 0. The SMILES string of the molecule is Cc1cc(N)nc(=O)n1[C@@H]1O[C@H](CO)[C@H](O)C1(F)C#CCl. The number of rotatable bonds is 2. The zero-order chi connectivity index (χ0) is 15.8. The van der Waals surface area contributed by atoms with Crippen LogP contribution in [0.1, 0.15) is 11.9 Å². The Balaban J connectivity index is 2.61. The Morgan fingerprint density at radius 2 is 2.38 bits per heavy atom. The van der Waals surface area contributed by atoms with Gasteiger partial charge in [-0.2, -0.15) is 4.98 Å². The maximum atomic E-state index is 15.0. The molecule has 0 spiro atoms. The molecule has 114 valence electrons. The number of ether oxygens (including phenoxy) is 1. The Kier molecular flexibility index (Phi) is 4.20. The molecule has 0 radical (unpaired) electrons. The van der Waals surface area contributed by atoms with E-state index < -0.39 is 36.4 Å². The van der Waals surface area contributed by atoms with Gasteiger partial charge in [-0.3, -0.25) is 4.57 Å². The Labute approximate surface area is 124 Å². The first-order chi connectivity index (χ1) is 9.85. The van der Waals surface area contributed by atoms with Crippen LogP contribution < -0.4 is 11.4 Å². The molecule has 4 atom stereocenters. The number of hydrogen-bond acceptors (Lipinski definition) is 6. The van der Waals surface area contributed by atoms with Gasteiger partial charge in [0.25, 0.3) is 0 Å². The van der Waals surface area contributed by atoms with E-state index in [1.54, 1.807) is 0 Å². The van der Waals surface area contributed by atoms with E-state index in [0.717, 1.165) is 4.57 Å². The fourth-order valence-corrected chi connectivity index (χ4v) is 2.42. The van der Waals surface area contributed by atoms with Crippen molar-refractivity contribution in [2.24, 2.45) is 0 Å². The first-order valence-corrected chi connectivity index (χ1v) is 6.34. The molecule has 0 amide bonds. The van der Waals surface area contributed by atoms with Gasteiger partial charge in [-0.15, -0.1) is 0 Å². The zero-order valence-corrected chi connectivity index (χ0v) is 11.7. The van der Waals surface area contributed by atoms with Gasteiger partial charge in [-0.1, -0.05) is 0 Å². The average Bonchev–Trinajstić information content (AvgIpc) is 2.63. The van der Waals surface area contributed by atoms with Gasteiger partial charge in [-0.05, 0) is 30.5 Å². The van der Waals surface area contributed by atoms with Gasteiger partial charge in [0.1, 0.15) is 18.0 Å². The van der Waals surface area contributed by atoms with Crippen molar-refractivity contribution in [1.82, 2.24) is 9.55 Å². The third-order valence-corrected chi connectivity index (χ3v) is 3.36. The smallest absolute Gasteiger partial charge is 0.351 e. The molecule has 1 aromatic heterocycles. The summed E-state index contributed by atoms with van der Waals surface area (Å²) in [4.78, 5) is 15.4. The largest absolute Gasteiger partial charge is 0.394 e. The van der Waals surface area contributed by atoms with Gasteiger partial charge in [0, 0.05) is 11.1 Å². The standard InChI is InChI=1S/C12H13ClFN3O4/c1-6-4-8(15)16-11(20)17(6)10-12(14,2-3-13)9(19)7(5-18)21-10/h4,7,9-10,18-19H,5H2,1H3,(H2,15,16,20)/t7-,9+,10-,12?/m1/s1. The molecule has 1 unspecified atom stereocenters. The molecule has 1 aliphatic rings. The summed E-state index contributed by atoms with van der Waals surface area (Å²) >= 11 is 5.23. The number of alkyl halides is 1. The van der Waals surface area contributed by atoms with Crippen LogP contribution in [0.2, 0.25) is 0 Å². The lowest BCUT2D eigenvalue weighted by molar-refractivity contribution is -0.0551. The predicted octanol–water partition coefficient (Wildman–Crippen LogP) is -0.707. The van der Waals surface area contributed by atoms with Crippen LogP contribution in [0, 0.1) is 18.2 Å². The lowest BCUT2D eigenvalue weighted by Crippen LogP contribution is -2.45. The van der Waals surface area contributed by atoms with Crippen molar-refractivity contribution in [3.05, 3.63) is 22.2 Å². The summed E-state index contributed by atoms with van der Waals surface area (Å²) in [6.07, 6.45) is -4.62. The Morgan fingerprint density at radius 3 is 2.90 bits per heavy atom. The van der Waals surface area contributed by atoms with Crippen LogP contribution in [-0.4, -0.2) is 44.2 Å². The first-order valence-electron chi connectivity index (χ1n) is 5.97. The van der Waals surface area contributed by atoms with Crippen LogP contribution in [0.25, 0.3) is 0 Å². The highest BCUT2D eigenvalue weighted by Gasteiger charge is 2.58. The summed E-state index contributed by atoms with van der Waals surface area (Å²) in [5, 5.41) is 20.9. The average molecular weight is 318 g/mol. The third kappa shape index (κ3) is 2.49. The summed E-state index contributed by atoms with van der Waals surface area (Å²) in [6.45, 7) is 0.847. The molecule has 9 heteroatoms. The van der Waals surface area contributed by atoms with Crippen molar-refractivity contribution in [3.63, 3.8) is 0 Å². The number of aliphatic hydroxyl groups excluding tert-OH is 2. The Morgan fingerprint density at radius 1 is 1.71 bits per heavy atom. The lowest BCUT2D eigenvalue weighted by atomic mass is 9.97. The van der Waals surface area contributed by atoms with Crippen LogP contribution in [0.5, 0.6) is 0 Å². The molecule has 2 rings (SSSR count). The highest BCUT2D eigenvalue weighted by Crippen LogP contribution is 2.41. The molecule has 2 heterocycles.